The molecule has 1 aromatic carbocycles. The lowest BCUT2D eigenvalue weighted by Gasteiger charge is -2.31. The van der Waals surface area contributed by atoms with Crippen LogP contribution in [0.15, 0.2) is 24.5 Å². The van der Waals surface area contributed by atoms with E-state index < -0.39 is 29.7 Å². The number of rotatable bonds is 6. The molecule has 0 saturated carbocycles. The Balaban J connectivity index is 1.48. The maximum atomic E-state index is 13.5. The van der Waals surface area contributed by atoms with Crippen LogP contribution < -0.4 is 5.32 Å². The van der Waals surface area contributed by atoms with Gasteiger partial charge in [-0.1, -0.05) is 25.4 Å². The maximum absolute atomic E-state index is 13.5. The van der Waals surface area contributed by atoms with Gasteiger partial charge in [-0.05, 0) is 92.6 Å². The van der Waals surface area contributed by atoms with Crippen LogP contribution >= 0.6 is 11.6 Å². The SMILES string of the molecule is CC(C)C1CCN(C(=O)OC(C)(C)C)[C@@H]1C(=O)NC(=O)[C@@H]1CCCN1Cc1cc(Cl)ccc1-n1cnnn1. The summed E-state index contributed by atoms with van der Waals surface area (Å²) in [5.74, 6) is -0.734. The molecule has 0 spiro atoms. The van der Waals surface area contributed by atoms with Crippen molar-refractivity contribution >= 4 is 29.5 Å². The maximum Gasteiger partial charge on any atom is 0.410 e. The minimum atomic E-state index is -0.761. The number of benzene rings is 1. The summed E-state index contributed by atoms with van der Waals surface area (Å²) in [4.78, 5) is 43.3. The highest BCUT2D eigenvalue weighted by Gasteiger charge is 2.45. The molecule has 1 unspecified atom stereocenters. The van der Waals surface area contributed by atoms with Crippen LogP contribution in [0.2, 0.25) is 5.02 Å². The first-order valence-electron chi connectivity index (χ1n) is 13.0. The van der Waals surface area contributed by atoms with Gasteiger partial charge < -0.3 is 4.74 Å². The topological polar surface area (TPSA) is 123 Å². The highest BCUT2D eigenvalue weighted by Crippen LogP contribution is 2.32. The number of halogens is 1. The lowest BCUT2D eigenvalue weighted by atomic mass is 9.88. The Labute approximate surface area is 227 Å². The molecule has 206 valence electrons. The van der Waals surface area contributed by atoms with Crippen LogP contribution in [0, 0.1) is 11.8 Å². The Bertz CT molecular complexity index is 1160. The Morgan fingerprint density at radius 1 is 1.16 bits per heavy atom. The molecule has 2 aliphatic rings. The van der Waals surface area contributed by atoms with E-state index in [1.807, 2.05) is 30.9 Å². The molecule has 1 aromatic heterocycles. The number of carbonyl (C=O) groups is 3. The number of hydrogen-bond acceptors (Lipinski definition) is 8. The average Bonchev–Trinajstić information content (AvgIpc) is 3.58. The number of nitrogens with zero attached hydrogens (tertiary/aromatic N) is 6. The summed E-state index contributed by atoms with van der Waals surface area (Å²) in [6.07, 6.45) is 3.08. The van der Waals surface area contributed by atoms with E-state index in [9.17, 15) is 14.4 Å². The van der Waals surface area contributed by atoms with E-state index in [1.54, 1.807) is 31.5 Å². The normalized spacial score (nSPS) is 22.2. The summed E-state index contributed by atoms with van der Waals surface area (Å²) >= 11 is 6.28. The lowest BCUT2D eigenvalue weighted by Crippen LogP contribution is -2.54. The summed E-state index contributed by atoms with van der Waals surface area (Å²) < 4.78 is 7.11. The second kappa shape index (κ2) is 11.4. The van der Waals surface area contributed by atoms with Crippen LogP contribution in [0.25, 0.3) is 5.69 Å². The predicted octanol–water partition coefficient (Wildman–Crippen LogP) is 3.20. The molecule has 3 heterocycles. The quantitative estimate of drug-likeness (QED) is 0.549. The number of ether oxygens (including phenoxy) is 1. The zero-order valence-electron chi connectivity index (χ0n) is 22.6. The molecular weight excluding hydrogens is 510 g/mol. The molecule has 0 radical (unpaired) electrons. The van der Waals surface area contributed by atoms with Crippen LogP contribution in [-0.4, -0.2) is 78.7 Å². The van der Waals surface area contributed by atoms with Gasteiger partial charge in [0.25, 0.3) is 0 Å². The molecule has 2 fully saturated rings. The second-order valence-corrected chi connectivity index (χ2v) is 11.8. The molecule has 2 aromatic rings. The van der Waals surface area contributed by atoms with Gasteiger partial charge in [0.1, 0.15) is 18.0 Å². The largest absolute Gasteiger partial charge is 0.444 e. The van der Waals surface area contributed by atoms with Crippen molar-refractivity contribution in [3.05, 3.63) is 35.1 Å². The minimum absolute atomic E-state index is 0.0692. The molecule has 38 heavy (non-hydrogen) atoms. The molecule has 1 N–H and O–H groups in total. The van der Waals surface area contributed by atoms with Crippen molar-refractivity contribution in [2.45, 2.75) is 78.1 Å². The first-order valence-corrected chi connectivity index (χ1v) is 13.4. The first-order chi connectivity index (χ1) is 17.9. The van der Waals surface area contributed by atoms with Crippen molar-refractivity contribution in [1.82, 2.24) is 35.3 Å². The summed E-state index contributed by atoms with van der Waals surface area (Å²) in [5.41, 5.74) is 0.943. The van der Waals surface area contributed by atoms with Gasteiger partial charge in [-0.3, -0.25) is 24.7 Å². The zero-order chi connectivity index (χ0) is 27.6. The summed E-state index contributed by atoms with van der Waals surface area (Å²) in [7, 11) is 0. The Morgan fingerprint density at radius 2 is 1.92 bits per heavy atom. The van der Waals surface area contributed by atoms with Crippen molar-refractivity contribution in [3.8, 4) is 5.69 Å². The first kappa shape index (κ1) is 28.0. The van der Waals surface area contributed by atoms with Crippen molar-refractivity contribution < 1.29 is 19.1 Å². The fraction of sp³-hybridized carbons (Fsp3) is 0.615. The molecule has 3 amide bonds. The Hall–Kier alpha value is -3.05. The number of likely N-dealkylation sites (tertiary alicyclic amines) is 2. The van der Waals surface area contributed by atoms with Gasteiger partial charge in [-0.2, -0.15) is 0 Å². The van der Waals surface area contributed by atoms with E-state index in [0.29, 0.717) is 37.5 Å². The van der Waals surface area contributed by atoms with E-state index in [-0.39, 0.29) is 17.7 Å². The molecule has 2 saturated heterocycles. The van der Waals surface area contributed by atoms with E-state index in [2.05, 4.69) is 20.8 Å². The van der Waals surface area contributed by atoms with Crippen LogP contribution in [0.1, 0.15) is 59.4 Å². The van der Waals surface area contributed by atoms with E-state index >= 15 is 0 Å². The number of carbonyl (C=O) groups excluding carboxylic acids is 3. The van der Waals surface area contributed by atoms with Crippen LogP contribution in [0.5, 0.6) is 0 Å². The van der Waals surface area contributed by atoms with Crippen molar-refractivity contribution in [2.75, 3.05) is 13.1 Å². The highest BCUT2D eigenvalue weighted by molar-refractivity contribution is 6.30. The van der Waals surface area contributed by atoms with E-state index in [4.69, 9.17) is 16.3 Å². The number of amides is 3. The minimum Gasteiger partial charge on any atom is -0.444 e. The van der Waals surface area contributed by atoms with Crippen LogP contribution in [0.4, 0.5) is 4.79 Å². The summed E-state index contributed by atoms with van der Waals surface area (Å²) in [5, 5.41) is 14.6. The molecule has 4 rings (SSSR count). The van der Waals surface area contributed by atoms with Crippen molar-refractivity contribution in [2.24, 2.45) is 11.8 Å². The Kier molecular flexibility index (Phi) is 8.37. The molecular formula is C26H36ClN7O4. The third-order valence-electron chi connectivity index (χ3n) is 7.12. The summed E-state index contributed by atoms with van der Waals surface area (Å²) in [6, 6.07) is 4.18. The predicted molar refractivity (Wildman–Crippen MR) is 140 cm³/mol. The van der Waals surface area contributed by atoms with Gasteiger partial charge >= 0.3 is 6.09 Å². The van der Waals surface area contributed by atoms with Gasteiger partial charge in [0.2, 0.25) is 11.8 Å². The van der Waals surface area contributed by atoms with Crippen LogP contribution in [0.3, 0.4) is 0 Å². The third kappa shape index (κ3) is 6.32. The Morgan fingerprint density at radius 3 is 2.58 bits per heavy atom. The van der Waals surface area contributed by atoms with Gasteiger partial charge in [0.05, 0.1) is 11.7 Å². The van der Waals surface area contributed by atoms with Crippen molar-refractivity contribution in [1.29, 1.82) is 0 Å². The molecule has 0 bridgehead atoms. The van der Waals surface area contributed by atoms with Crippen LogP contribution in [-0.2, 0) is 20.9 Å². The third-order valence-corrected chi connectivity index (χ3v) is 7.36. The van der Waals surface area contributed by atoms with Gasteiger partial charge in [-0.25, -0.2) is 9.48 Å². The van der Waals surface area contributed by atoms with Gasteiger partial charge in [0.15, 0.2) is 0 Å². The van der Waals surface area contributed by atoms with E-state index in [0.717, 1.165) is 17.7 Å². The number of aromatic nitrogens is 4. The number of nitrogens with one attached hydrogen (secondary N) is 1. The smallest absolute Gasteiger partial charge is 0.410 e. The van der Waals surface area contributed by atoms with E-state index in [1.165, 1.54) is 11.2 Å². The molecule has 2 aliphatic heterocycles. The fourth-order valence-electron chi connectivity index (χ4n) is 5.36. The standard InChI is InChI=1S/C26H36ClN7O4/c1-16(2)19-10-12-33(25(37)38-26(3,4)5)22(19)24(36)29-23(35)21-7-6-11-32(21)14-17-13-18(27)8-9-20(17)34-15-28-30-31-34/h8-9,13,15-16,19,21-22H,6-7,10-12,14H2,1-5H3,(H,29,35,36)/t19?,21-,22-/m0/s1. The van der Waals surface area contributed by atoms with Gasteiger partial charge in [-0.15, -0.1) is 5.10 Å². The second-order valence-electron chi connectivity index (χ2n) is 11.3. The summed E-state index contributed by atoms with van der Waals surface area (Å²) in [6.45, 7) is 11.0. The molecule has 0 aliphatic carbocycles. The molecule has 11 nitrogen and oxygen atoms in total. The van der Waals surface area contributed by atoms with Gasteiger partial charge in [0, 0.05) is 18.1 Å². The van der Waals surface area contributed by atoms with Crippen molar-refractivity contribution in [3.63, 3.8) is 0 Å². The molecule has 12 heteroatoms. The molecule has 3 atom stereocenters. The number of hydrogen-bond donors (Lipinski definition) is 1. The number of imide groups is 1. The fourth-order valence-corrected chi connectivity index (χ4v) is 5.56. The number of tetrazole rings is 1. The lowest BCUT2D eigenvalue weighted by molar-refractivity contribution is -0.136. The average molecular weight is 546 g/mol. The highest BCUT2D eigenvalue weighted by atomic mass is 35.5. The zero-order valence-corrected chi connectivity index (χ0v) is 23.3. The monoisotopic (exact) mass is 545 g/mol.